The average Bonchev–Trinajstić information content (AvgIpc) is 2.66. The topological polar surface area (TPSA) is 37.8 Å². The predicted molar refractivity (Wildman–Crippen MR) is 61.9 cm³/mol. The van der Waals surface area contributed by atoms with Gasteiger partial charge in [0.05, 0.1) is 4.34 Å². The van der Waals surface area contributed by atoms with E-state index in [1.807, 2.05) is 12.1 Å². The molecule has 0 saturated carbocycles. The molecular weight excluding hydrogens is 230 g/mol. The maximum atomic E-state index is 5.83. The van der Waals surface area contributed by atoms with Crippen LogP contribution in [0.5, 0.6) is 0 Å². The zero-order chi connectivity index (χ0) is 10.5. The fraction of sp³-hybridized carbons (Fsp3) is 0.200. The van der Waals surface area contributed by atoms with Crippen molar-refractivity contribution in [1.82, 2.24) is 15.3 Å². The zero-order valence-electron chi connectivity index (χ0n) is 7.98. The first-order valence-corrected chi connectivity index (χ1v) is 5.73. The third-order valence-corrected chi connectivity index (χ3v) is 3.10. The number of halogens is 1. The van der Waals surface area contributed by atoms with Crippen LogP contribution < -0.4 is 5.32 Å². The van der Waals surface area contributed by atoms with Gasteiger partial charge in [-0.1, -0.05) is 11.6 Å². The van der Waals surface area contributed by atoms with E-state index in [0.29, 0.717) is 0 Å². The fourth-order valence-corrected chi connectivity index (χ4v) is 2.26. The van der Waals surface area contributed by atoms with Crippen LogP contribution in [0.2, 0.25) is 4.34 Å². The van der Waals surface area contributed by atoms with Gasteiger partial charge in [0.1, 0.15) is 6.33 Å². The minimum Gasteiger partial charge on any atom is -0.308 e. The molecule has 0 saturated heterocycles. The third-order valence-electron chi connectivity index (χ3n) is 1.87. The Hall–Kier alpha value is -0.970. The molecule has 0 aliphatic heterocycles. The van der Waals surface area contributed by atoms with Crippen LogP contribution in [0.1, 0.15) is 10.4 Å². The van der Waals surface area contributed by atoms with Crippen molar-refractivity contribution < 1.29 is 0 Å². The SMILES string of the molecule is Clc1ccc(CNCc2cncnc2)s1. The second-order valence-corrected chi connectivity index (χ2v) is 4.86. The number of nitrogens with one attached hydrogen (secondary N) is 1. The van der Waals surface area contributed by atoms with Crippen molar-refractivity contribution in [2.75, 3.05) is 0 Å². The number of rotatable bonds is 4. The van der Waals surface area contributed by atoms with Crippen molar-refractivity contribution in [2.24, 2.45) is 0 Å². The number of thiophene rings is 1. The Kier molecular flexibility index (Phi) is 3.66. The highest BCUT2D eigenvalue weighted by Gasteiger charge is 1.97. The van der Waals surface area contributed by atoms with Crippen LogP contribution in [0.25, 0.3) is 0 Å². The molecule has 0 bridgehead atoms. The van der Waals surface area contributed by atoms with Gasteiger partial charge in [-0.05, 0) is 12.1 Å². The molecule has 0 amide bonds. The Morgan fingerprint density at radius 2 is 2.00 bits per heavy atom. The zero-order valence-corrected chi connectivity index (χ0v) is 9.55. The molecule has 0 spiro atoms. The van der Waals surface area contributed by atoms with Crippen molar-refractivity contribution in [2.45, 2.75) is 13.1 Å². The van der Waals surface area contributed by atoms with Crippen LogP contribution in [0.15, 0.2) is 30.9 Å². The molecule has 0 aliphatic carbocycles. The Morgan fingerprint density at radius 1 is 1.20 bits per heavy atom. The summed E-state index contributed by atoms with van der Waals surface area (Å²) >= 11 is 7.42. The molecule has 2 aromatic rings. The Bertz CT molecular complexity index is 416. The second kappa shape index (κ2) is 5.21. The van der Waals surface area contributed by atoms with Gasteiger partial charge in [-0.2, -0.15) is 0 Å². The van der Waals surface area contributed by atoms with Crippen LogP contribution in [0, 0.1) is 0 Å². The lowest BCUT2D eigenvalue weighted by Crippen LogP contribution is -2.11. The van der Waals surface area contributed by atoms with Crippen LogP contribution >= 0.6 is 22.9 Å². The minimum atomic E-state index is 0.774. The summed E-state index contributed by atoms with van der Waals surface area (Å²) in [7, 11) is 0. The van der Waals surface area contributed by atoms with Crippen molar-refractivity contribution >= 4 is 22.9 Å². The number of nitrogens with zero attached hydrogens (tertiary/aromatic N) is 2. The number of aromatic nitrogens is 2. The Labute approximate surface area is 97.2 Å². The Morgan fingerprint density at radius 3 is 2.67 bits per heavy atom. The summed E-state index contributed by atoms with van der Waals surface area (Å²) < 4.78 is 0.829. The van der Waals surface area contributed by atoms with Crippen LogP contribution in [-0.4, -0.2) is 9.97 Å². The molecule has 1 N–H and O–H groups in total. The molecule has 0 aromatic carbocycles. The van der Waals surface area contributed by atoms with Crippen molar-refractivity contribution in [3.8, 4) is 0 Å². The van der Waals surface area contributed by atoms with Crippen LogP contribution in [-0.2, 0) is 13.1 Å². The first-order chi connectivity index (χ1) is 7.34. The summed E-state index contributed by atoms with van der Waals surface area (Å²) in [6.45, 7) is 1.60. The molecule has 0 aliphatic rings. The standard InChI is InChI=1S/C10H10ClN3S/c11-10-2-1-9(15-10)6-12-3-8-4-13-7-14-5-8/h1-2,4-5,7,12H,3,6H2. The van der Waals surface area contributed by atoms with Gasteiger partial charge in [0, 0.05) is 35.9 Å². The molecule has 2 heterocycles. The van der Waals surface area contributed by atoms with E-state index in [0.717, 1.165) is 23.0 Å². The summed E-state index contributed by atoms with van der Waals surface area (Å²) in [5, 5.41) is 3.30. The lowest BCUT2D eigenvalue weighted by Gasteiger charge is -2.01. The van der Waals surface area contributed by atoms with Crippen molar-refractivity contribution in [1.29, 1.82) is 0 Å². The predicted octanol–water partition coefficient (Wildman–Crippen LogP) is 2.48. The van der Waals surface area contributed by atoms with Crippen molar-refractivity contribution in [3.05, 3.63) is 45.6 Å². The molecular formula is C10H10ClN3S. The summed E-state index contributed by atoms with van der Waals surface area (Å²) in [5.74, 6) is 0. The van der Waals surface area contributed by atoms with Gasteiger partial charge in [0.25, 0.3) is 0 Å². The van der Waals surface area contributed by atoms with E-state index in [9.17, 15) is 0 Å². The number of hydrogen-bond donors (Lipinski definition) is 1. The quantitative estimate of drug-likeness (QED) is 0.891. The molecule has 2 aromatic heterocycles. The van der Waals surface area contributed by atoms with Gasteiger partial charge in [0.2, 0.25) is 0 Å². The van der Waals surface area contributed by atoms with Gasteiger partial charge in [-0.15, -0.1) is 11.3 Å². The maximum absolute atomic E-state index is 5.83. The highest BCUT2D eigenvalue weighted by Crippen LogP contribution is 2.20. The van der Waals surface area contributed by atoms with Crippen molar-refractivity contribution in [3.63, 3.8) is 0 Å². The highest BCUT2D eigenvalue weighted by atomic mass is 35.5. The molecule has 15 heavy (non-hydrogen) atoms. The molecule has 0 unspecified atom stereocenters. The van der Waals surface area contributed by atoms with Crippen LogP contribution in [0.3, 0.4) is 0 Å². The first-order valence-electron chi connectivity index (χ1n) is 4.53. The summed E-state index contributed by atoms with van der Waals surface area (Å²) in [6, 6.07) is 3.94. The average molecular weight is 240 g/mol. The van der Waals surface area contributed by atoms with Gasteiger partial charge in [-0.3, -0.25) is 0 Å². The summed E-state index contributed by atoms with van der Waals surface area (Å²) in [6.07, 6.45) is 5.14. The molecule has 0 atom stereocenters. The molecule has 0 radical (unpaired) electrons. The van der Waals surface area contributed by atoms with E-state index in [1.54, 1.807) is 23.7 Å². The van der Waals surface area contributed by atoms with Gasteiger partial charge >= 0.3 is 0 Å². The molecule has 5 heteroatoms. The summed E-state index contributed by atoms with van der Waals surface area (Å²) in [5.41, 5.74) is 1.08. The monoisotopic (exact) mass is 239 g/mol. The largest absolute Gasteiger partial charge is 0.308 e. The van der Waals surface area contributed by atoms with Gasteiger partial charge in [-0.25, -0.2) is 9.97 Å². The van der Waals surface area contributed by atoms with Crippen LogP contribution in [0.4, 0.5) is 0 Å². The van der Waals surface area contributed by atoms with E-state index in [-0.39, 0.29) is 0 Å². The van der Waals surface area contributed by atoms with Gasteiger partial charge < -0.3 is 5.32 Å². The third kappa shape index (κ3) is 3.27. The van der Waals surface area contributed by atoms with E-state index in [2.05, 4.69) is 15.3 Å². The first kappa shape index (κ1) is 10.5. The molecule has 2 rings (SSSR count). The number of hydrogen-bond acceptors (Lipinski definition) is 4. The van der Waals surface area contributed by atoms with E-state index in [1.165, 1.54) is 11.2 Å². The maximum Gasteiger partial charge on any atom is 0.115 e. The minimum absolute atomic E-state index is 0.774. The van der Waals surface area contributed by atoms with Gasteiger partial charge in [0.15, 0.2) is 0 Å². The Balaban J connectivity index is 1.80. The normalized spacial score (nSPS) is 10.5. The highest BCUT2D eigenvalue weighted by molar-refractivity contribution is 7.16. The van der Waals surface area contributed by atoms with E-state index < -0.39 is 0 Å². The second-order valence-electron chi connectivity index (χ2n) is 3.06. The molecule has 78 valence electrons. The summed E-state index contributed by atoms with van der Waals surface area (Å²) in [4.78, 5) is 9.12. The van der Waals surface area contributed by atoms with E-state index in [4.69, 9.17) is 11.6 Å². The lowest BCUT2D eigenvalue weighted by atomic mass is 10.3. The fourth-order valence-electron chi connectivity index (χ4n) is 1.20. The molecule has 3 nitrogen and oxygen atoms in total. The smallest absolute Gasteiger partial charge is 0.115 e. The lowest BCUT2D eigenvalue weighted by molar-refractivity contribution is 0.696. The molecule has 0 fully saturated rings. The van der Waals surface area contributed by atoms with E-state index >= 15 is 0 Å².